The van der Waals surface area contributed by atoms with Crippen molar-refractivity contribution in [2.75, 3.05) is 5.32 Å². The zero-order valence-corrected chi connectivity index (χ0v) is 14.6. The van der Waals surface area contributed by atoms with Crippen molar-refractivity contribution in [3.63, 3.8) is 0 Å². The first-order chi connectivity index (χ1) is 12.8. The molecule has 2 aromatic rings. The van der Waals surface area contributed by atoms with E-state index < -0.39 is 28.8 Å². The largest absolute Gasteiger partial charge is 0.418 e. The molecule has 9 heteroatoms. The zero-order valence-electron chi connectivity index (χ0n) is 13.8. The van der Waals surface area contributed by atoms with Gasteiger partial charge >= 0.3 is 6.18 Å². The second-order valence-corrected chi connectivity index (χ2v) is 6.84. The van der Waals surface area contributed by atoms with E-state index in [-0.39, 0.29) is 12.1 Å². The van der Waals surface area contributed by atoms with Crippen molar-refractivity contribution < 1.29 is 22.8 Å². The lowest BCUT2D eigenvalue weighted by Gasteiger charge is -2.14. The number of carbonyl (C=O) groups is 2. The summed E-state index contributed by atoms with van der Waals surface area (Å²) in [6.07, 6.45) is -4.85. The quantitative estimate of drug-likeness (QED) is 0.826. The first kappa shape index (κ1) is 19.0. The van der Waals surface area contributed by atoms with Gasteiger partial charge in [0.15, 0.2) is 5.17 Å². The molecule has 5 nitrogen and oxygen atoms in total. The number of amidine groups is 1. The maximum Gasteiger partial charge on any atom is 0.418 e. The van der Waals surface area contributed by atoms with Gasteiger partial charge in [0.05, 0.1) is 16.9 Å². The maximum atomic E-state index is 13.0. The van der Waals surface area contributed by atoms with Crippen LogP contribution in [0.4, 0.5) is 24.5 Å². The number of alkyl halides is 3. The fourth-order valence-electron chi connectivity index (χ4n) is 2.42. The number of hydrogen-bond acceptors (Lipinski definition) is 4. The highest BCUT2D eigenvalue weighted by atomic mass is 32.2. The van der Waals surface area contributed by atoms with Crippen LogP contribution in [0.2, 0.25) is 0 Å². The number of amides is 2. The summed E-state index contributed by atoms with van der Waals surface area (Å²) in [6, 6.07) is 13.6. The molecule has 0 saturated carbocycles. The molecule has 0 spiro atoms. The third-order valence-corrected chi connectivity index (χ3v) is 4.72. The van der Waals surface area contributed by atoms with Crippen LogP contribution in [-0.4, -0.2) is 22.2 Å². The number of nitrogens with one attached hydrogen (secondary N) is 2. The molecule has 1 unspecified atom stereocenters. The lowest BCUT2D eigenvalue weighted by Crippen LogP contribution is -2.28. The normalized spacial score (nSPS) is 18.4. The molecule has 1 atom stereocenters. The SMILES string of the molecule is O=C(CC1SC(=Nc2ccccc2)NC1=O)Nc1ccccc1C(F)(F)F. The molecule has 1 aliphatic rings. The van der Waals surface area contributed by atoms with Crippen LogP contribution in [0.15, 0.2) is 59.6 Å². The van der Waals surface area contributed by atoms with Crippen molar-refractivity contribution in [3.05, 3.63) is 60.2 Å². The van der Waals surface area contributed by atoms with Crippen LogP contribution in [0.1, 0.15) is 12.0 Å². The van der Waals surface area contributed by atoms with E-state index in [9.17, 15) is 22.8 Å². The van der Waals surface area contributed by atoms with Crippen molar-refractivity contribution in [2.45, 2.75) is 17.8 Å². The van der Waals surface area contributed by atoms with E-state index in [1.54, 1.807) is 24.3 Å². The Balaban J connectivity index is 1.65. The Morgan fingerprint density at radius 2 is 1.78 bits per heavy atom. The van der Waals surface area contributed by atoms with E-state index in [1.165, 1.54) is 18.2 Å². The van der Waals surface area contributed by atoms with E-state index in [0.717, 1.165) is 17.8 Å². The lowest BCUT2D eigenvalue weighted by molar-refractivity contribution is -0.137. The van der Waals surface area contributed by atoms with Gasteiger partial charge < -0.3 is 10.6 Å². The standard InChI is InChI=1S/C18H14F3N3O2S/c19-18(20,21)12-8-4-5-9-13(12)23-15(25)10-14-16(26)24-17(27-14)22-11-6-2-1-3-7-11/h1-9,14H,10H2,(H,23,25)(H,22,24,26). The number of aliphatic imine (C=N–C) groups is 1. The highest BCUT2D eigenvalue weighted by molar-refractivity contribution is 8.15. The predicted molar refractivity (Wildman–Crippen MR) is 97.7 cm³/mol. The molecule has 0 bridgehead atoms. The van der Waals surface area contributed by atoms with Gasteiger partial charge in [-0.05, 0) is 24.3 Å². The highest BCUT2D eigenvalue weighted by Gasteiger charge is 2.35. The maximum absolute atomic E-state index is 13.0. The molecule has 2 N–H and O–H groups in total. The molecule has 27 heavy (non-hydrogen) atoms. The minimum atomic E-state index is -4.58. The Kier molecular flexibility index (Phi) is 5.50. The summed E-state index contributed by atoms with van der Waals surface area (Å²) in [4.78, 5) is 28.4. The Hall–Kier alpha value is -2.81. The number of hydrogen-bond donors (Lipinski definition) is 2. The first-order valence-corrected chi connectivity index (χ1v) is 8.78. The molecule has 1 heterocycles. The topological polar surface area (TPSA) is 70.6 Å². The van der Waals surface area contributed by atoms with E-state index in [4.69, 9.17) is 0 Å². The molecular weight excluding hydrogens is 379 g/mol. The molecule has 0 radical (unpaired) electrons. The van der Waals surface area contributed by atoms with Crippen LogP contribution in [0.25, 0.3) is 0 Å². The summed E-state index contributed by atoms with van der Waals surface area (Å²) in [5.74, 6) is -1.09. The second-order valence-electron chi connectivity index (χ2n) is 5.64. The molecule has 0 aliphatic carbocycles. The van der Waals surface area contributed by atoms with Crippen molar-refractivity contribution in [1.29, 1.82) is 0 Å². The summed E-state index contributed by atoms with van der Waals surface area (Å²) in [6.45, 7) is 0. The molecule has 3 rings (SSSR count). The van der Waals surface area contributed by atoms with E-state index in [1.807, 2.05) is 6.07 Å². The monoisotopic (exact) mass is 393 g/mol. The average Bonchev–Trinajstić information content (AvgIpc) is 2.94. The van der Waals surface area contributed by atoms with Gasteiger partial charge in [-0.2, -0.15) is 13.2 Å². The van der Waals surface area contributed by atoms with Crippen molar-refractivity contribution in [3.8, 4) is 0 Å². The van der Waals surface area contributed by atoms with Crippen molar-refractivity contribution in [1.82, 2.24) is 5.32 Å². The Labute approximate surface area is 157 Å². The van der Waals surface area contributed by atoms with Crippen LogP contribution < -0.4 is 10.6 Å². The molecule has 1 fully saturated rings. The van der Waals surface area contributed by atoms with Gasteiger partial charge in [0.1, 0.15) is 5.25 Å². The third-order valence-electron chi connectivity index (χ3n) is 3.64. The smallest absolute Gasteiger partial charge is 0.325 e. The fourth-order valence-corrected chi connectivity index (χ4v) is 3.41. The highest BCUT2D eigenvalue weighted by Crippen LogP contribution is 2.35. The van der Waals surface area contributed by atoms with E-state index in [2.05, 4.69) is 15.6 Å². The summed E-state index contributed by atoms with van der Waals surface area (Å²) < 4.78 is 39.0. The summed E-state index contributed by atoms with van der Waals surface area (Å²) in [7, 11) is 0. The fraction of sp³-hybridized carbons (Fsp3) is 0.167. The first-order valence-electron chi connectivity index (χ1n) is 7.90. The van der Waals surface area contributed by atoms with Crippen LogP contribution in [0.5, 0.6) is 0 Å². The summed E-state index contributed by atoms with van der Waals surface area (Å²) >= 11 is 1.07. The van der Waals surface area contributed by atoms with Crippen LogP contribution in [0.3, 0.4) is 0 Å². The number of carbonyl (C=O) groups excluding carboxylic acids is 2. The van der Waals surface area contributed by atoms with Gasteiger partial charge in [-0.15, -0.1) is 0 Å². The average molecular weight is 393 g/mol. The molecular formula is C18H14F3N3O2S. The van der Waals surface area contributed by atoms with Gasteiger partial charge in [0.25, 0.3) is 0 Å². The predicted octanol–water partition coefficient (Wildman–Crippen LogP) is 3.95. The molecule has 140 valence electrons. The number of para-hydroxylation sites is 2. The van der Waals surface area contributed by atoms with Crippen LogP contribution in [-0.2, 0) is 15.8 Å². The van der Waals surface area contributed by atoms with Gasteiger partial charge in [-0.1, -0.05) is 42.1 Å². The van der Waals surface area contributed by atoms with Gasteiger partial charge in [0, 0.05) is 6.42 Å². The second kappa shape index (κ2) is 7.83. The number of benzene rings is 2. The molecule has 0 aromatic heterocycles. The Morgan fingerprint density at radius 1 is 1.11 bits per heavy atom. The molecule has 1 saturated heterocycles. The zero-order chi connectivity index (χ0) is 19.4. The van der Waals surface area contributed by atoms with Crippen LogP contribution in [0, 0.1) is 0 Å². The van der Waals surface area contributed by atoms with Crippen molar-refractivity contribution >= 4 is 40.1 Å². The number of thioether (sulfide) groups is 1. The van der Waals surface area contributed by atoms with E-state index >= 15 is 0 Å². The molecule has 2 amide bonds. The number of nitrogens with zero attached hydrogens (tertiary/aromatic N) is 1. The Morgan fingerprint density at radius 3 is 2.48 bits per heavy atom. The molecule has 1 aliphatic heterocycles. The van der Waals surface area contributed by atoms with Crippen molar-refractivity contribution in [2.24, 2.45) is 4.99 Å². The summed E-state index contributed by atoms with van der Waals surface area (Å²) in [5.41, 5.74) is -0.630. The minimum Gasteiger partial charge on any atom is -0.325 e. The summed E-state index contributed by atoms with van der Waals surface area (Å²) in [5, 5.41) is 4.40. The van der Waals surface area contributed by atoms with Gasteiger partial charge in [-0.3, -0.25) is 9.59 Å². The van der Waals surface area contributed by atoms with Crippen LogP contribution >= 0.6 is 11.8 Å². The number of rotatable bonds is 4. The van der Waals surface area contributed by atoms with Gasteiger partial charge in [0.2, 0.25) is 11.8 Å². The molecule has 2 aromatic carbocycles. The number of halogens is 3. The number of anilines is 1. The lowest BCUT2D eigenvalue weighted by atomic mass is 10.1. The van der Waals surface area contributed by atoms with E-state index in [0.29, 0.717) is 10.9 Å². The Bertz CT molecular complexity index is 885. The third kappa shape index (κ3) is 4.88. The minimum absolute atomic E-state index is 0.267. The van der Waals surface area contributed by atoms with Gasteiger partial charge in [-0.25, -0.2) is 4.99 Å².